The highest BCUT2D eigenvalue weighted by Crippen LogP contribution is 2.31. The molecule has 0 aliphatic carbocycles. The Balaban J connectivity index is 2.44. The van der Waals surface area contributed by atoms with E-state index >= 15 is 0 Å². The number of carboxylic acid groups (broad SMARTS) is 1. The highest BCUT2D eigenvalue weighted by molar-refractivity contribution is 6.30. The number of carboxylic acids is 1. The van der Waals surface area contributed by atoms with Crippen molar-refractivity contribution in [3.05, 3.63) is 52.8 Å². The zero-order chi connectivity index (χ0) is 14.0. The maximum Gasteiger partial charge on any atom is 0.339 e. The molecule has 0 saturated heterocycles. The smallest absolute Gasteiger partial charge is 0.339 e. The highest BCUT2D eigenvalue weighted by Gasteiger charge is 2.15. The number of anilines is 1. The summed E-state index contributed by atoms with van der Waals surface area (Å²) >= 11 is 5.62. The minimum absolute atomic E-state index is 0.0112. The first-order valence-electron chi connectivity index (χ1n) is 5.23. The lowest BCUT2D eigenvalue weighted by atomic mass is 10.2. The Morgan fingerprint density at radius 1 is 1.26 bits per heavy atom. The Bertz CT molecular complexity index is 646. The second-order valence-corrected chi connectivity index (χ2v) is 4.12. The summed E-state index contributed by atoms with van der Waals surface area (Å²) in [6.45, 7) is 0. The summed E-state index contributed by atoms with van der Waals surface area (Å²) in [6.07, 6.45) is 0. The summed E-state index contributed by atoms with van der Waals surface area (Å²) in [5.41, 5.74) is 5.62. The van der Waals surface area contributed by atoms with Crippen LogP contribution in [-0.4, -0.2) is 11.1 Å². The van der Waals surface area contributed by atoms with Gasteiger partial charge < -0.3 is 15.6 Å². The highest BCUT2D eigenvalue weighted by atomic mass is 35.5. The molecule has 98 valence electrons. The van der Waals surface area contributed by atoms with E-state index < -0.39 is 11.8 Å². The maximum atomic E-state index is 13.7. The summed E-state index contributed by atoms with van der Waals surface area (Å²) in [4.78, 5) is 11.1. The first-order valence-corrected chi connectivity index (χ1v) is 5.61. The van der Waals surface area contributed by atoms with Crippen molar-refractivity contribution in [1.82, 2.24) is 0 Å². The second kappa shape index (κ2) is 5.16. The minimum Gasteiger partial charge on any atom is -0.478 e. The number of benzene rings is 2. The van der Waals surface area contributed by atoms with Crippen LogP contribution < -0.4 is 10.5 Å². The number of nitrogens with two attached hydrogens (primary N) is 1. The van der Waals surface area contributed by atoms with E-state index in [-0.39, 0.29) is 27.8 Å². The van der Waals surface area contributed by atoms with Crippen LogP contribution in [0.3, 0.4) is 0 Å². The molecule has 2 rings (SSSR count). The van der Waals surface area contributed by atoms with Gasteiger partial charge in [0.15, 0.2) is 11.6 Å². The summed E-state index contributed by atoms with van der Waals surface area (Å²) < 4.78 is 18.9. The molecule has 2 aromatic carbocycles. The number of nitrogen functional groups attached to an aromatic ring is 1. The van der Waals surface area contributed by atoms with E-state index in [4.69, 9.17) is 27.2 Å². The average molecular weight is 282 g/mol. The molecule has 2 aromatic rings. The van der Waals surface area contributed by atoms with Crippen LogP contribution in [0.1, 0.15) is 10.4 Å². The zero-order valence-electron chi connectivity index (χ0n) is 9.56. The van der Waals surface area contributed by atoms with Crippen molar-refractivity contribution in [1.29, 1.82) is 0 Å². The van der Waals surface area contributed by atoms with Gasteiger partial charge in [-0.25, -0.2) is 9.18 Å². The topological polar surface area (TPSA) is 72.5 Å². The maximum absolute atomic E-state index is 13.7. The molecule has 19 heavy (non-hydrogen) atoms. The van der Waals surface area contributed by atoms with Crippen molar-refractivity contribution < 1.29 is 19.0 Å². The third-order valence-corrected chi connectivity index (χ3v) is 2.66. The summed E-state index contributed by atoms with van der Waals surface area (Å²) in [7, 11) is 0. The van der Waals surface area contributed by atoms with Crippen LogP contribution in [0.15, 0.2) is 36.4 Å². The van der Waals surface area contributed by atoms with Crippen LogP contribution in [0.2, 0.25) is 5.02 Å². The Morgan fingerprint density at radius 2 is 2.00 bits per heavy atom. The van der Waals surface area contributed by atoms with Crippen LogP contribution in [0.25, 0.3) is 0 Å². The fourth-order valence-corrected chi connectivity index (χ4v) is 1.65. The molecule has 6 heteroatoms. The lowest BCUT2D eigenvalue weighted by molar-refractivity contribution is 0.0694. The quantitative estimate of drug-likeness (QED) is 0.844. The Hall–Kier alpha value is -2.27. The van der Waals surface area contributed by atoms with Gasteiger partial charge in [-0.3, -0.25) is 0 Å². The third-order valence-electron chi connectivity index (χ3n) is 2.37. The van der Waals surface area contributed by atoms with Crippen LogP contribution in [0, 0.1) is 5.82 Å². The predicted octanol–water partition coefficient (Wildman–Crippen LogP) is 3.55. The zero-order valence-corrected chi connectivity index (χ0v) is 10.3. The van der Waals surface area contributed by atoms with Crippen molar-refractivity contribution in [3.8, 4) is 11.5 Å². The van der Waals surface area contributed by atoms with Gasteiger partial charge in [0.1, 0.15) is 11.3 Å². The van der Waals surface area contributed by atoms with Gasteiger partial charge in [0.05, 0.1) is 5.02 Å². The van der Waals surface area contributed by atoms with Gasteiger partial charge in [-0.05, 0) is 30.3 Å². The minimum atomic E-state index is -1.22. The number of aromatic carboxylic acids is 1. The molecule has 0 saturated carbocycles. The molecule has 0 aromatic heterocycles. The van der Waals surface area contributed by atoms with E-state index in [1.165, 1.54) is 36.4 Å². The molecule has 0 radical (unpaired) electrons. The normalized spacial score (nSPS) is 10.2. The van der Waals surface area contributed by atoms with Crippen LogP contribution in [0.4, 0.5) is 10.1 Å². The Kier molecular flexibility index (Phi) is 3.57. The molecular weight excluding hydrogens is 273 g/mol. The van der Waals surface area contributed by atoms with Gasteiger partial charge in [-0.2, -0.15) is 0 Å². The van der Waals surface area contributed by atoms with E-state index in [1.54, 1.807) is 0 Å². The lowest BCUT2D eigenvalue weighted by Crippen LogP contribution is -2.02. The molecule has 0 fully saturated rings. The third kappa shape index (κ3) is 2.77. The lowest BCUT2D eigenvalue weighted by Gasteiger charge is -2.10. The van der Waals surface area contributed by atoms with E-state index in [2.05, 4.69) is 0 Å². The fraction of sp³-hybridized carbons (Fsp3) is 0. The van der Waals surface area contributed by atoms with Gasteiger partial charge in [-0.15, -0.1) is 0 Å². The summed E-state index contributed by atoms with van der Waals surface area (Å²) in [5.74, 6) is -2.13. The van der Waals surface area contributed by atoms with Gasteiger partial charge in [0.25, 0.3) is 0 Å². The Morgan fingerprint density at radius 3 is 2.68 bits per heavy atom. The first-order chi connectivity index (χ1) is 8.99. The van der Waals surface area contributed by atoms with Crippen LogP contribution in [0.5, 0.6) is 11.5 Å². The van der Waals surface area contributed by atoms with Gasteiger partial charge in [0, 0.05) is 5.69 Å². The molecule has 0 spiro atoms. The molecule has 0 unspecified atom stereocenters. The summed E-state index contributed by atoms with van der Waals surface area (Å²) in [6, 6.07) is 8.27. The van der Waals surface area contributed by atoms with Gasteiger partial charge in [-0.1, -0.05) is 17.7 Å². The molecule has 0 heterocycles. The number of ether oxygens (including phenoxy) is 1. The molecule has 4 nitrogen and oxygen atoms in total. The number of carbonyl (C=O) groups is 1. The average Bonchev–Trinajstić information content (AvgIpc) is 2.36. The number of hydrogen-bond donors (Lipinski definition) is 2. The number of hydrogen-bond acceptors (Lipinski definition) is 3. The second-order valence-electron chi connectivity index (χ2n) is 3.71. The van der Waals surface area contributed by atoms with Crippen molar-refractivity contribution in [3.63, 3.8) is 0 Å². The number of halogens is 2. The Labute approximate surface area is 113 Å². The molecule has 3 N–H and O–H groups in total. The molecular formula is C13H9ClFNO3. The van der Waals surface area contributed by atoms with Gasteiger partial charge >= 0.3 is 5.97 Å². The van der Waals surface area contributed by atoms with E-state index in [0.717, 1.165) is 0 Å². The van der Waals surface area contributed by atoms with E-state index in [0.29, 0.717) is 0 Å². The van der Waals surface area contributed by atoms with Crippen molar-refractivity contribution in [2.75, 3.05) is 5.73 Å². The van der Waals surface area contributed by atoms with Crippen molar-refractivity contribution in [2.45, 2.75) is 0 Å². The van der Waals surface area contributed by atoms with Crippen molar-refractivity contribution in [2.24, 2.45) is 0 Å². The standard InChI is InChI=1S/C13H9ClFNO3/c14-9-2-1-3-11(12(9)15)19-10-5-4-7(16)6-8(10)13(17)18/h1-6H,16H2,(H,17,18). The summed E-state index contributed by atoms with van der Waals surface area (Å²) in [5, 5.41) is 8.93. The molecule has 0 amide bonds. The molecule has 0 aliphatic rings. The largest absolute Gasteiger partial charge is 0.478 e. The van der Waals surface area contributed by atoms with Crippen LogP contribution in [-0.2, 0) is 0 Å². The SMILES string of the molecule is Nc1ccc(Oc2cccc(Cl)c2F)c(C(=O)O)c1. The van der Waals surface area contributed by atoms with E-state index in [1.807, 2.05) is 0 Å². The number of rotatable bonds is 3. The van der Waals surface area contributed by atoms with Crippen LogP contribution >= 0.6 is 11.6 Å². The molecule has 0 aliphatic heterocycles. The fourth-order valence-electron chi connectivity index (χ4n) is 1.49. The monoisotopic (exact) mass is 281 g/mol. The van der Waals surface area contributed by atoms with E-state index in [9.17, 15) is 9.18 Å². The first kappa shape index (κ1) is 13.2. The molecule has 0 bridgehead atoms. The molecule has 0 atom stereocenters. The van der Waals surface area contributed by atoms with Gasteiger partial charge in [0.2, 0.25) is 0 Å². The van der Waals surface area contributed by atoms with Crippen molar-refractivity contribution >= 4 is 23.3 Å². The predicted molar refractivity (Wildman–Crippen MR) is 69.3 cm³/mol.